The number of hydrogen-bond acceptors (Lipinski definition) is 3. The van der Waals surface area contributed by atoms with Gasteiger partial charge < -0.3 is 15.2 Å². The SMILES string of the molecule is COCC(O)CNC(c1ccccc1)c1ccc(F)cc1. The summed E-state index contributed by atoms with van der Waals surface area (Å²) in [5.74, 6) is -0.259. The third-order valence-corrected chi connectivity index (χ3v) is 3.25. The highest BCUT2D eigenvalue weighted by Crippen LogP contribution is 2.22. The molecule has 2 aromatic carbocycles. The van der Waals surface area contributed by atoms with Crippen molar-refractivity contribution in [2.24, 2.45) is 0 Å². The first kappa shape index (κ1) is 15.6. The van der Waals surface area contributed by atoms with Gasteiger partial charge in [-0.3, -0.25) is 0 Å². The monoisotopic (exact) mass is 289 g/mol. The summed E-state index contributed by atoms with van der Waals surface area (Å²) in [5.41, 5.74) is 2.01. The maximum Gasteiger partial charge on any atom is 0.123 e. The van der Waals surface area contributed by atoms with Crippen molar-refractivity contribution >= 4 is 0 Å². The molecule has 2 N–H and O–H groups in total. The summed E-state index contributed by atoms with van der Waals surface area (Å²) in [6.07, 6.45) is -0.582. The van der Waals surface area contributed by atoms with Crippen LogP contribution in [0.1, 0.15) is 17.2 Å². The molecule has 2 atom stereocenters. The van der Waals surface area contributed by atoms with E-state index in [4.69, 9.17) is 4.74 Å². The lowest BCUT2D eigenvalue weighted by Gasteiger charge is -2.21. The van der Waals surface area contributed by atoms with E-state index < -0.39 is 6.10 Å². The highest BCUT2D eigenvalue weighted by molar-refractivity contribution is 5.31. The van der Waals surface area contributed by atoms with Crippen LogP contribution in [0.15, 0.2) is 54.6 Å². The molecule has 0 aliphatic rings. The zero-order valence-corrected chi connectivity index (χ0v) is 12.0. The van der Waals surface area contributed by atoms with Crippen LogP contribution < -0.4 is 5.32 Å². The number of methoxy groups -OCH3 is 1. The van der Waals surface area contributed by atoms with Crippen molar-refractivity contribution in [3.05, 3.63) is 71.5 Å². The molecule has 0 fully saturated rings. The molecule has 0 saturated heterocycles. The van der Waals surface area contributed by atoms with E-state index in [1.54, 1.807) is 19.2 Å². The lowest BCUT2D eigenvalue weighted by atomic mass is 9.98. The Morgan fingerprint density at radius 2 is 1.67 bits per heavy atom. The van der Waals surface area contributed by atoms with Crippen molar-refractivity contribution in [3.63, 3.8) is 0 Å². The fourth-order valence-electron chi connectivity index (χ4n) is 2.23. The number of nitrogens with one attached hydrogen (secondary N) is 1. The summed E-state index contributed by atoms with van der Waals surface area (Å²) in [7, 11) is 1.55. The number of aliphatic hydroxyl groups is 1. The number of aliphatic hydroxyl groups excluding tert-OH is 1. The van der Waals surface area contributed by atoms with Gasteiger partial charge in [0.1, 0.15) is 5.82 Å². The molecule has 2 unspecified atom stereocenters. The minimum atomic E-state index is -0.582. The minimum Gasteiger partial charge on any atom is -0.389 e. The van der Waals surface area contributed by atoms with Gasteiger partial charge in [0.25, 0.3) is 0 Å². The summed E-state index contributed by atoms with van der Waals surface area (Å²) in [6, 6.07) is 16.2. The Morgan fingerprint density at radius 1 is 1.05 bits per heavy atom. The van der Waals surface area contributed by atoms with Crippen molar-refractivity contribution in [1.82, 2.24) is 5.32 Å². The molecule has 0 saturated carbocycles. The lowest BCUT2D eigenvalue weighted by molar-refractivity contribution is 0.0634. The summed E-state index contributed by atoms with van der Waals surface area (Å²) in [5, 5.41) is 13.1. The standard InChI is InChI=1S/C17H20FNO2/c1-21-12-16(20)11-19-17(13-5-3-2-4-6-13)14-7-9-15(18)10-8-14/h2-10,16-17,19-20H,11-12H2,1H3. The molecule has 0 aromatic heterocycles. The molecule has 4 heteroatoms. The van der Waals surface area contributed by atoms with Gasteiger partial charge in [0.15, 0.2) is 0 Å². The van der Waals surface area contributed by atoms with Crippen molar-refractivity contribution in [2.45, 2.75) is 12.1 Å². The lowest BCUT2D eigenvalue weighted by Crippen LogP contribution is -2.33. The summed E-state index contributed by atoms with van der Waals surface area (Å²) < 4.78 is 18.0. The highest BCUT2D eigenvalue weighted by Gasteiger charge is 2.15. The van der Waals surface area contributed by atoms with E-state index in [2.05, 4.69) is 5.32 Å². The van der Waals surface area contributed by atoms with E-state index in [9.17, 15) is 9.50 Å². The first-order chi connectivity index (χ1) is 10.2. The normalized spacial score (nSPS) is 13.9. The van der Waals surface area contributed by atoms with Gasteiger partial charge in [-0.05, 0) is 23.3 Å². The first-order valence-electron chi connectivity index (χ1n) is 6.91. The molecule has 0 bridgehead atoms. The molecule has 0 aliphatic heterocycles. The van der Waals surface area contributed by atoms with Crippen LogP contribution in [-0.4, -0.2) is 31.5 Å². The average molecular weight is 289 g/mol. The molecule has 0 spiro atoms. The zero-order valence-electron chi connectivity index (χ0n) is 12.0. The summed E-state index contributed by atoms with van der Waals surface area (Å²) in [4.78, 5) is 0. The van der Waals surface area contributed by atoms with Gasteiger partial charge in [0.05, 0.1) is 18.8 Å². The maximum atomic E-state index is 13.1. The van der Waals surface area contributed by atoms with Crippen LogP contribution in [0.5, 0.6) is 0 Å². The third kappa shape index (κ3) is 4.63. The number of ether oxygens (including phenoxy) is 1. The van der Waals surface area contributed by atoms with Crippen LogP contribution in [0.4, 0.5) is 4.39 Å². The van der Waals surface area contributed by atoms with E-state index in [1.807, 2.05) is 30.3 Å². The van der Waals surface area contributed by atoms with Crippen LogP contribution in [0.3, 0.4) is 0 Å². The van der Waals surface area contributed by atoms with Gasteiger partial charge in [-0.2, -0.15) is 0 Å². The van der Waals surface area contributed by atoms with Crippen LogP contribution in [0.2, 0.25) is 0 Å². The van der Waals surface area contributed by atoms with Gasteiger partial charge in [0, 0.05) is 13.7 Å². The maximum absolute atomic E-state index is 13.1. The molecular weight excluding hydrogens is 269 g/mol. The molecule has 0 aliphatic carbocycles. The van der Waals surface area contributed by atoms with Gasteiger partial charge >= 0.3 is 0 Å². The van der Waals surface area contributed by atoms with E-state index in [0.717, 1.165) is 11.1 Å². The average Bonchev–Trinajstić information content (AvgIpc) is 2.50. The number of rotatable bonds is 7. The molecule has 0 radical (unpaired) electrons. The van der Waals surface area contributed by atoms with Crippen LogP contribution in [-0.2, 0) is 4.74 Å². The predicted molar refractivity (Wildman–Crippen MR) is 80.6 cm³/mol. The number of benzene rings is 2. The minimum absolute atomic E-state index is 0.0988. The van der Waals surface area contributed by atoms with Crippen LogP contribution in [0, 0.1) is 5.82 Å². The van der Waals surface area contributed by atoms with E-state index in [0.29, 0.717) is 6.54 Å². The van der Waals surface area contributed by atoms with Gasteiger partial charge in [-0.1, -0.05) is 42.5 Å². The number of halogens is 1. The first-order valence-corrected chi connectivity index (χ1v) is 6.91. The molecule has 0 amide bonds. The highest BCUT2D eigenvalue weighted by atomic mass is 19.1. The fraction of sp³-hybridized carbons (Fsp3) is 0.294. The number of hydrogen-bond donors (Lipinski definition) is 2. The molecule has 21 heavy (non-hydrogen) atoms. The van der Waals surface area contributed by atoms with Gasteiger partial charge in [0.2, 0.25) is 0 Å². The largest absolute Gasteiger partial charge is 0.389 e. The summed E-state index contributed by atoms with van der Waals surface area (Å²) >= 11 is 0. The van der Waals surface area contributed by atoms with Crippen molar-refractivity contribution in [2.75, 3.05) is 20.3 Å². The zero-order chi connectivity index (χ0) is 15.1. The molecular formula is C17H20FNO2. The van der Waals surface area contributed by atoms with Crippen molar-refractivity contribution in [3.8, 4) is 0 Å². The Bertz CT molecular complexity index is 530. The second kappa shape index (κ2) is 7.88. The Kier molecular flexibility index (Phi) is 5.87. The van der Waals surface area contributed by atoms with Crippen molar-refractivity contribution < 1.29 is 14.2 Å². The molecule has 3 nitrogen and oxygen atoms in total. The Hall–Kier alpha value is -1.75. The van der Waals surface area contributed by atoms with Crippen LogP contribution in [0.25, 0.3) is 0 Å². The predicted octanol–water partition coefficient (Wildman–Crippen LogP) is 2.51. The van der Waals surface area contributed by atoms with E-state index in [1.165, 1.54) is 12.1 Å². The van der Waals surface area contributed by atoms with Gasteiger partial charge in [-0.15, -0.1) is 0 Å². The topological polar surface area (TPSA) is 41.5 Å². The van der Waals surface area contributed by atoms with E-state index >= 15 is 0 Å². The Balaban J connectivity index is 2.16. The molecule has 2 aromatic rings. The summed E-state index contributed by atoms with van der Waals surface area (Å²) in [6.45, 7) is 0.669. The third-order valence-electron chi connectivity index (χ3n) is 3.25. The van der Waals surface area contributed by atoms with Crippen molar-refractivity contribution in [1.29, 1.82) is 0 Å². The Labute approximate surface area is 124 Å². The fourth-order valence-corrected chi connectivity index (χ4v) is 2.23. The second-order valence-corrected chi connectivity index (χ2v) is 4.91. The Morgan fingerprint density at radius 3 is 2.29 bits per heavy atom. The van der Waals surface area contributed by atoms with Crippen LogP contribution >= 0.6 is 0 Å². The molecule has 2 rings (SSSR count). The van der Waals surface area contributed by atoms with E-state index in [-0.39, 0.29) is 18.5 Å². The second-order valence-electron chi connectivity index (χ2n) is 4.91. The quantitative estimate of drug-likeness (QED) is 0.823. The molecule has 112 valence electrons. The smallest absolute Gasteiger partial charge is 0.123 e. The molecule has 0 heterocycles. The van der Waals surface area contributed by atoms with Gasteiger partial charge in [-0.25, -0.2) is 4.39 Å².